The van der Waals surface area contributed by atoms with Crippen LogP contribution in [0.25, 0.3) is 0 Å². The van der Waals surface area contributed by atoms with Gasteiger partial charge in [-0.3, -0.25) is 9.59 Å². The molecule has 0 bridgehead atoms. The first-order valence-electron chi connectivity index (χ1n) is 11.5. The van der Waals surface area contributed by atoms with Crippen molar-refractivity contribution in [2.24, 2.45) is 0 Å². The zero-order valence-electron chi connectivity index (χ0n) is 19.6. The fraction of sp³-hybridized carbons (Fsp3) is 0.286. The molecular weight excluding hydrogens is 492 g/mol. The van der Waals surface area contributed by atoms with Gasteiger partial charge in [0.2, 0.25) is 5.91 Å². The molecule has 0 fully saturated rings. The minimum Gasteiger partial charge on any atom is -0.484 e. The van der Waals surface area contributed by atoms with E-state index in [1.54, 1.807) is 4.90 Å². The minimum atomic E-state index is -0.674. The molecule has 0 unspecified atom stereocenters. The molecule has 2 amide bonds. The number of para-hydroxylation sites is 1. The smallest absolute Gasteiger partial charge is 0.261 e. The van der Waals surface area contributed by atoms with Crippen LogP contribution >= 0.6 is 15.9 Å². The number of rotatable bonds is 11. The Kier molecular flexibility index (Phi) is 9.71. The number of carbonyl (C=O) groups is 2. The van der Waals surface area contributed by atoms with Gasteiger partial charge in [0.15, 0.2) is 6.61 Å². The fourth-order valence-electron chi connectivity index (χ4n) is 3.53. The number of ether oxygens (including phenoxy) is 1. The summed E-state index contributed by atoms with van der Waals surface area (Å²) in [4.78, 5) is 28.6. The molecule has 0 spiro atoms. The molecule has 0 aliphatic carbocycles. The second-order valence-corrected chi connectivity index (χ2v) is 9.19. The third-order valence-corrected chi connectivity index (χ3v) is 6.17. The van der Waals surface area contributed by atoms with E-state index >= 15 is 0 Å². The maximum absolute atomic E-state index is 13.5. The highest BCUT2D eigenvalue weighted by Crippen LogP contribution is 2.18. The van der Waals surface area contributed by atoms with Gasteiger partial charge in [0.1, 0.15) is 11.8 Å². The van der Waals surface area contributed by atoms with E-state index in [0.717, 1.165) is 22.0 Å². The van der Waals surface area contributed by atoms with Gasteiger partial charge in [-0.2, -0.15) is 0 Å². The van der Waals surface area contributed by atoms with Crippen LogP contribution < -0.4 is 10.1 Å². The SMILES string of the molecule is CC[C@@H](C)NC(=O)[C@@H](Cc1ccccc1)N(Cc1ccc(Br)cc1)C(=O)COc1ccccc1. The van der Waals surface area contributed by atoms with Crippen molar-refractivity contribution in [3.8, 4) is 5.75 Å². The molecule has 5 nitrogen and oxygen atoms in total. The summed E-state index contributed by atoms with van der Waals surface area (Å²) >= 11 is 3.46. The van der Waals surface area contributed by atoms with Crippen molar-refractivity contribution in [1.29, 1.82) is 0 Å². The van der Waals surface area contributed by atoms with Crippen molar-refractivity contribution >= 4 is 27.7 Å². The van der Waals surface area contributed by atoms with Crippen LogP contribution in [0.3, 0.4) is 0 Å². The van der Waals surface area contributed by atoms with Crippen LogP contribution in [0, 0.1) is 0 Å². The highest BCUT2D eigenvalue weighted by Gasteiger charge is 2.31. The van der Waals surface area contributed by atoms with Crippen LogP contribution in [-0.4, -0.2) is 35.4 Å². The Hall–Kier alpha value is -3.12. The van der Waals surface area contributed by atoms with Crippen molar-refractivity contribution in [3.63, 3.8) is 0 Å². The van der Waals surface area contributed by atoms with Crippen molar-refractivity contribution in [1.82, 2.24) is 10.2 Å². The first-order chi connectivity index (χ1) is 16.5. The van der Waals surface area contributed by atoms with E-state index in [1.165, 1.54) is 0 Å². The quantitative estimate of drug-likeness (QED) is 0.367. The summed E-state index contributed by atoms with van der Waals surface area (Å²) in [5.74, 6) is 0.207. The molecule has 1 N–H and O–H groups in total. The van der Waals surface area contributed by atoms with E-state index < -0.39 is 6.04 Å². The standard InChI is InChI=1S/C28H31BrN2O3/c1-3-21(2)30-28(33)26(18-22-10-6-4-7-11-22)31(19-23-14-16-24(29)17-15-23)27(32)20-34-25-12-8-5-9-13-25/h4-17,21,26H,3,18-20H2,1-2H3,(H,30,33)/t21-,26-/m1/s1. The topological polar surface area (TPSA) is 58.6 Å². The lowest BCUT2D eigenvalue weighted by atomic mass is 10.0. The first-order valence-corrected chi connectivity index (χ1v) is 12.3. The summed E-state index contributed by atoms with van der Waals surface area (Å²) in [7, 11) is 0. The second kappa shape index (κ2) is 12.9. The van der Waals surface area contributed by atoms with Crippen LogP contribution in [0.5, 0.6) is 5.75 Å². The van der Waals surface area contributed by atoms with E-state index in [0.29, 0.717) is 18.7 Å². The number of amides is 2. The van der Waals surface area contributed by atoms with E-state index in [-0.39, 0.29) is 24.5 Å². The van der Waals surface area contributed by atoms with Crippen molar-refractivity contribution in [3.05, 3.63) is 101 Å². The molecule has 0 saturated heterocycles. The van der Waals surface area contributed by atoms with Gasteiger partial charge in [-0.1, -0.05) is 83.5 Å². The van der Waals surface area contributed by atoms with Gasteiger partial charge >= 0.3 is 0 Å². The first kappa shape index (κ1) is 25.5. The van der Waals surface area contributed by atoms with Gasteiger partial charge in [-0.25, -0.2) is 0 Å². The average molecular weight is 523 g/mol. The molecule has 6 heteroatoms. The number of halogens is 1. The Morgan fingerprint density at radius 1 is 0.912 bits per heavy atom. The number of nitrogens with zero attached hydrogens (tertiary/aromatic N) is 1. The molecule has 0 saturated carbocycles. The van der Waals surface area contributed by atoms with E-state index in [2.05, 4.69) is 21.2 Å². The number of hydrogen-bond donors (Lipinski definition) is 1. The highest BCUT2D eigenvalue weighted by molar-refractivity contribution is 9.10. The molecule has 3 aromatic rings. The Morgan fingerprint density at radius 2 is 1.53 bits per heavy atom. The van der Waals surface area contributed by atoms with Crippen LogP contribution in [0.4, 0.5) is 0 Å². The van der Waals surface area contributed by atoms with Gasteiger partial charge in [0.25, 0.3) is 5.91 Å². The Labute approximate surface area is 210 Å². The van der Waals surface area contributed by atoms with Crippen LogP contribution in [0.1, 0.15) is 31.4 Å². The summed E-state index contributed by atoms with van der Waals surface area (Å²) in [6, 6.07) is 26.1. The van der Waals surface area contributed by atoms with Crippen molar-refractivity contribution < 1.29 is 14.3 Å². The summed E-state index contributed by atoms with van der Waals surface area (Å²) < 4.78 is 6.71. The molecule has 178 valence electrons. The lowest BCUT2D eigenvalue weighted by Crippen LogP contribution is -2.53. The van der Waals surface area contributed by atoms with Gasteiger partial charge in [0, 0.05) is 23.5 Å². The predicted octanol–water partition coefficient (Wildman–Crippen LogP) is 5.38. The molecule has 0 aliphatic rings. The van der Waals surface area contributed by atoms with Gasteiger partial charge in [0.05, 0.1) is 0 Å². The highest BCUT2D eigenvalue weighted by atomic mass is 79.9. The van der Waals surface area contributed by atoms with Gasteiger partial charge < -0.3 is 15.0 Å². The normalized spacial score (nSPS) is 12.4. The molecule has 34 heavy (non-hydrogen) atoms. The Morgan fingerprint density at radius 3 is 2.15 bits per heavy atom. The van der Waals surface area contributed by atoms with Gasteiger partial charge in [-0.05, 0) is 48.7 Å². The lowest BCUT2D eigenvalue weighted by molar-refractivity contribution is -0.143. The lowest BCUT2D eigenvalue weighted by Gasteiger charge is -2.32. The average Bonchev–Trinajstić information content (AvgIpc) is 2.87. The third-order valence-electron chi connectivity index (χ3n) is 5.64. The largest absolute Gasteiger partial charge is 0.484 e. The molecular formula is C28H31BrN2O3. The van der Waals surface area contributed by atoms with E-state index in [1.807, 2.05) is 98.8 Å². The molecule has 0 radical (unpaired) electrons. The predicted molar refractivity (Wildman–Crippen MR) is 138 cm³/mol. The molecule has 2 atom stereocenters. The zero-order valence-corrected chi connectivity index (χ0v) is 21.2. The molecule has 0 aliphatic heterocycles. The molecule has 0 aromatic heterocycles. The minimum absolute atomic E-state index is 0.0102. The van der Waals surface area contributed by atoms with Gasteiger partial charge in [-0.15, -0.1) is 0 Å². The molecule has 3 aromatic carbocycles. The van der Waals surface area contributed by atoms with Crippen LogP contribution in [0.2, 0.25) is 0 Å². The number of carbonyl (C=O) groups excluding carboxylic acids is 2. The Balaban J connectivity index is 1.90. The summed E-state index contributed by atoms with van der Waals surface area (Å²) in [6.07, 6.45) is 1.22. The second-order valence-electron chi connectivity index (χ2n) is 8.27. The Bertz CT molecular complexity index is 1040. The van der Waals surface area contributed by atoms with Crippen molar-refractivity contribution in [2.45, 2.75) is 45.3 Å². The fourth-order valence-corrected chi connectivity index (χ4v) is 3.79. The zero-order chi connectivity index (χ0) is 24.3. The summed E-state index contributed by atoms with van der Waals surface area (Å²) in [5.41, 5.74) is 1.93. The van der Waals surface area contributed by atoms with Crippen molar-refractivity contribution in [2.75, 3.05) is 6.61 Å². The summed E-state index contributed by atoms with van der Waals surface area (Å²) in [6.45, 7) is 4.14. The van der Waals surface area contributed by atoms with E-state index in [4.69, 9.17) is 4.74 Å². The number of nitrogens with one attached hydrogen (secondary N) is 1. The number of benzene rings is 3. The van der Waals surface area contributed by atoms with Crippen LogP contribution in [0.15, 0.2) is 89.4 Å². The van der Waals surface area contributed by atoms with E-state index in [9.17, 15) is 9.59 Å². The molecule has 0 heterocycles. The molecule has 3 rings (SSSR count). The maximum Gasteiger partial charge on any atom is 0.261 e. The number of hydrogen-bond acceptors (Lipinski definition) is 3. The third kappa shape index (κ3) is 7.73. The van der Waals surface area contributed by atoms with Crippen LogP contribution in [-0.2, 0) is 22.6 Å². The monoisotopic (exact) mass is 522 g/mol. The maximum atomic E-state index is 13.5. The summed E-state index contributed by atoms with van der Waals surface area (Å²) in [5, 5.41) is 3.07.